The number of hydrogen-bond acceptors (Lipinski definition) is 6. The standard InChI is InChI=1S/C15H29NO6/c1-14(2,3)7-8(17)9(18)10(19)11(20)12(21)13(22)16-15(4,5)6/h9-12,18-21H,7H2,1-6H3,(H,16,22)/t9-,10+,11+,12-/m1/s1. The molecule has 22 heavy (non-hydrogen) atoms. The lowest BCUT2D eigenvalue weighted by molar-refractivity contribution is -0.156. The quantitative estimate of drug-likeness (QED) is 0.443. The van der Waals surface area contributed by atoms with E-state index in [2.05, 4.69) is 5.32 Å². The summed E-state index contributed by atoms with van der Waals surface area (Å²) in [6, 6.07) is 0. The molecule has 0 aliphatic rings. The normalized spacial score (nSPS) is 18.3. The molecule has 7 nitrogen and oxygen atoms in total. The van der Waals surface area contributed by atoms with Crippen molar-refractivity contribution < 1.29 is 30.0 Å². The van der Waals surface area contributed by atoms with E-state index in [4.69, 9.17) is 0 Å². The number of ketones is 1. The maximum Gasteiger partial charge on any atom is 0.252 e. The number of nitrogens with one attached hydrogen (secondary N) is 1. The van der Waals surface area contributed by atoms with E-state index in [1.807, 2.05) is 0 Å². The number of rotatable bonds is 6. The molecule has 0 aromatic rings. The average molecular weight is 319 g/mol. The Bertz CT molecular complexity index is 358. The van der Waals surface area contributed by atoms with Crippen LogP contribution in [0.5, 0.6) is 0 Å². The van der Waals surface area contributed by atoms with Crippen LogP contribution in [0.15, 0.2) is 0 Å². The van der Waals surface area contributed by atoms with Crippen molar-refractivity contribution in [1.82, 2.24) is 5.32 Å². The van der Waals surface area contributed by atoms with E-state index < -0.39 is 47.1 Å². The number of aliphatic hydroxyl groups excluding tert-OH is 4. The van der Waals surface area contributed by atoms with Gasteiger partial charge in [0.2, 0.25) is 0 Å². The van der Waals surface area contributed by atoms with Crippen LogP contribution >= 0.6 is 0 Å². The summed E-state index contributed by atoms with van der Waals surface area (Å²) in [7, 11) is 0. The number of carbonyl (C=O) groups is 2. The van der Waals surface area contributed by atoms with E-state index in [0.29, 0.717) is 0 Å². The number of aliphatic hydroxyl groups is 4. The second-order valence-corrected chi connectivity index (χ2v) is 7.81. The van der Waals surface area contributed by atoms with Gasteiger partial charge in [-0.25, -0.2) is 0 Å². The molecule has 0 heterocycles. The molecule has 0 aromatic heterocycles. The van der Waals surface area contributed by atoms with Crippen LogP contribution in [0.1, 0.15) is 48.0 Å². The fourth-order valence-corrected chi connectivity index (χ4v) is 1.79. The SMILES string of the molecule is CC(C)(C)CC(=O)[C@@H](O)[C@H](O)[C@H](O)[C@@H](O)C(=O)NC(C)(C)C. The van der Waals surface area contributed by atoms with Crippen molar-refractivity contribution in [2.45, 2.75) is 77.9 Å². The van der Waals surface area contributed by atoms with Gasteiger partial charge in [0.25, 0.3) is 5.91 Å². The van der Waals surface area contributed by atoms with Crippen LogP contribution in [0.25, 0.3) is 0 Å². The van der Waals surface area contributed by atoms with E-state index >= 15 is 0 Å². The second kappa shape index (κ2) is 7.50. The Kier molecular flexibility index (Phi) is 7.15. The highest BCUT2D eigenvalue weighted by atomic mass is 16.4. The summed E-state index contributed by atoms with van der Waals surface area (Å²) in [4.78, 5) is 23.5. The molecule has 5 N–H and O–H groups in total. The Morgan fingerprint density at radius 1 is 0.864 bits per heavy atom. The van der Waals surface area contributed by atoms with Crippen LogP contribution in [-0.2, 0) is 9.59 Å². The topological polar surface area (TPSA) is 127 Å². The van der Waals surface area contributed by atoms with Gasteiger partial charge in [-0.05, 0) is 26.2 Å². The van der Waals surface area contributed by atoms with Gasteiger partial charge in [-0.2, -0.15) is 0 Å². The van der Waals surface area contributed by atoms with E-state index in [0.717, 1.165) is 0 Å². The third-order valence-electron chi connectivity index (χ3n) is 2.80. The Hall–Kier alpha value is -1.02. The van der Waals surface area contributed by atoms with Gasteiger partial charge in [0.1, 0.15) is 18.3 Å². The first-order valence-corrected chi connectivity index (χ1v) is 7.23. The molecular formula is C15H29NO6. The Morgan fingerprint density at radius 3 is 1.64 bits per heavy atom. The van der Waals surface area contributed by atoms with E-state index in [9.17, 15) is 30.0 Å². The Morgan fingerprint density at radius 2 is 1.27 bits per heavy atom. The first-order valence-electron chi connectivity index (χ1n) is 7.23. The lowest BCUT2D eigenvalue weighted by Gasteiger charge is -2.29. The molecule has 0 bridgehead atoms. The van der Waals surface area contributed by atoms with Crippen LogP contribution in [-0.4, -0.2) is 62.1 Å². The van der Waals surface area contributed by atoms with Crippen LogP contribution in [0.2, 0.25) is 0 Å². The van der Waals surface area contributed by atoms with Gasteiger partial charge in [-0.15, -0.1) is 0 Å². The number of carbonyl (C=O) groups excluding carboxylic acids is 2. The molecule has 0 unspecified atom stereocenters. The van der Waals surface area contributed by atoms with Gasteiger partial charge in [0, 0.05) is 12.0 Å². The molecule has 7 heteroatoms. The van der Waals surface area contributed by atoms with E-state index in [1.54, 1.807) is 41.5 Å². The van der Waals surface area contributed by atoms with Gasteiger partial charge >= 0.3 is 0 Å². The predicted octanol–water partition coefficient (Wildman–Crippen LogP) is -0.650. The highest BCUT2D eigenvalue weighted by Gasteiger charge is 2.38. The van der Waals surface area contributed by atoms with Gasteiger partial charge in [-0.1, -0.05) is 20.8 Å². The summed E-state index contributed by atoms with van der Waals surface area (Å²) >= 11 is 0. The zero-order chi connectivity index (χ0) is 17.9. The molecule has 1 amide bonds. The fourth-order valence-electron chi connectivity index (χ4n) is 1.79. The molecule has 0 fully saturated rings. The summed E-state index contributed by atoms with van der Waals surface area (Å²) < 4.78 is 0. The lowest BCUT2D eigenvalue weighted by Crippen LogP contribution is -2.55. The summed E-state index contributed by atoms with van der Waals surface area (Å²) in [6.07, 6.45) is -7.75. The van der Waals surface area contributed by atoms with Crippen molar-refractivity contribution in [2.24, 2.45) is 5.41 Å². The summed E-state index contributed by atoms with van der Waals surface area (Å²) in [5.74, 6) is -1.56. The molecule has 0 radical (unpaired) electrons. The number of amides is 1. The second-order valence-electron chi connectivity index (χ2n) is 7.81. The van der Waals surface area contributed by atoms with Crippen molar-refractivity contribution in [3.05, 3.63) is 0 Å². The van der Waals surface area contributed by atoms with Gasteiger partial charge in [0.15, 0.2) is 11.9 Å². The zero-order valence-electron chi connectivity index (χ0n) is 14.1. The van der Waals surface area contributed by atoms with Crippen molar-refractivity contribution in [3.63, 3.8) is 0 Å². The molecule has 0 aliphatic heterocycles. The molecule has 4 atom stereocenters. The lowest BCUT2D eigenvalue weighted by atomic mass is 9.86. The van der Waals surface area contributed by atoms with Crippen molar-refractivity contribution in [1.29, 1.82) is 0 Å². The Labute approximate surface area is 131 Å². The fraction of sp³-hybridized carbons (Fsp3) is 0.867. The largest absolute Gasteiger partial charge is 0.387 e. The minimum Gasteiger partial charge on any atom is -0.387 e. The summed E-state index contributed by atoms with van der Waals surface area (Å²) in [5.41, 5.74) is -1.03. The van der Waals surface area contributed by atoms with Crippen molar-refractivity contribution in [2.75, 3.05) is 0 Å². The third-order valence-corrected chi connectivity index (χ3v) is 2.80. The van der Waals surface area contributed by atoms with Crippen LogP contribution in [0, 0.1) is 5.41 Å². The van der Waals surface area contributed by atoms with Crippen LogP contribution in [0.3, 0.4) is 0 Å². The zero-order valence-corrected chi connectivity index (χ0v) is 14.1. The third kappa shape index (κ3) is 7.31. The molecule has 0 saturated heterocycles. The summed E-state index contributed by atoms with van der Waals surface area (Å²) in [6.45, 7) is 10.4. The van der Waals surface area contributed by atoms with Crippen LogP contribution < -0.4 is 5.32 Å². The highest BCUT2D eigenvalue weighted by molar-refractivity contribution is 5.85. The first kappa shape index (κ1) is 21.0. The molecule has 0 rings (SSSR count). The molecule has 0 aromatic carbocycles. The number of hydrogen-bond donors (Lipinski definition) is 5. The molecule has 0 aliphatic carbocycles. The molecule has 0 saturated carbocycles. The van der Waals surface area contributed by atoms with Crippen molar-refractivity contribution in [3.8, 4) is 0 Å². The van der Waals surface area contributed by atoms with E-state index in [-0.39, 0.29) is 6.42 Å². The van der Waals surface area contributed by atoms with Crippen molar-refractivity contribution >= 4 is 11.7 Å². The smallest absolute Gasteiger partial charge is 0.252 e. The average Bonchev–Trinajstić information content (AvgIpc) is 2.30. The van der Waals surface area contributed by atoms with Crippen LogP contribution in [0.4, 0.5) is 0 Å². The maximum atomic E-state index is 11.8. The monoisotopic (exact) mass is 319 g/mol. The van der Waals surface area contributed by atoms with Gasteiger partial charge < -0.3 is 25.7 Å². The first-order chi connectivity index (χ1) is 9.65. The highest BCUT2D eigenvalue weighted by Crippen LogP contribution is 2.21. The van der Waals surface area contributed by atoms with Gasteiger partial charge in [-0.3, -0.25) is 9.59 Å². The molecule has 130 valence electrons. The minimum atomic E-state index is -1.97. The van der Waals surface area contributed by atoms with E-state index in [1.165, 1.54) is 0 Å². The number of Topliss-reactive ketones (excluding diaryl/α,β-unsaturated/α-hetero) is 1. The maximum absolute atomic E-state index is 11.8. The molecule has 0 spiro atoms. The molecular weight excluding hydrogens is 290 g/mol. The Balaban J connectivity index is 4.80. The predicted molar refractivity (Wildman–Crippen MR) is 81.0 cm³/mol. The minimum absolute atomic E-state index is 0.0117. The summed E-state index contributed by atoms with van der Waals surface area (Å²) in [5, 5.41) is 41.6. The van der Waals surface area contributed by atoms with Gasteiger partial charge in [0.05, 0.1) is 0 Å².